The van der Waals surface area contributed by atoms with Gasteiger partial charge < -0.3 is 9.84 Å². The van der Waals surface area contributed by atoms with Gasteiger partial charge in [0.15, 0.2) is 5.75 Å². The van der Waals surface area contributed by atoms with Crippen LogP contribution in [-0.4, -0.2) is 16.1 Å². The SMILES string of the molecule is O=C(O)CCc1ccc(OCc2ccccc2)c(I)n1. The van der Waals surface area contributed by atoms with Crippen LogP contribution in [0, 0.1) is 3.70 Å². The van der Waals surface area contributed by atoms with E-state index >= 15 is 0 Å². The second kappa shape index (κ2) is 7.23. The van der Waals surface area contributed by atoms with Gasteiger partial charge in [-0.15, -0.1) is 0 Å². The van der Waals surface area contributed by atoms with Gasteiger partial charge in [0, 0.05) is 12.1 Å². The van der Waals surface area contributed by atoms with Crippen LogP contribution in [0.25, 0.3) is 0 Å². The molecule has 0 bridgehead atoms. The van der Waals surface area contributed by atoms with Gasteiger partial charge in [-0.25, -0.2) is 4.98 Å². The number of halogens is 1. The van der Waals surface area contributed by atoms with Crippen molar-refractivity contribution in [2.24, 2.45) is 0 Å². The van der Waals surface area contributed by atoms with Crippen LogP contribution in [0.3, 0.4) is 0 Å². The lowest BCUT2D eigenvalue weighted by atomic mass is 10.2. The number of pyridine rings is 1. The van der Waals surface area contributed by atoms with Crippen molar-refractivity contribution in [3.63, 3.8) is 0 Å². The Morgan fingerprint density at radius 3 is 2.60 bits per heavy atom. The van der Waals surface area contributed by atoms with Gasteiger partial charge in [-0.05, 0) is 40.3 Å². The number of hydrogen-bond donors (Lipinski definition) is 1. The minimum Gasteiger partial charge on any atom is -0.486 e. The molecule has 0 saturated heterocycles. The van der Waals surface area contributed by atoms with Gasteiger partial charge in [-0.3, -0.25) is 4.79 Å². The molecule has 0 aliphatic carbocycles. The minimum atomic E-state index is -0.814. The molecule has 0 aliphatic heterocycles. The molecular formula is C15H14INO3. The summed E-state index contributed by atoms with van der Waals surface area (Å²) >= 11 is 2.10. The summed E-state index contributed by atoms with van der Waals surface area (Å²) in [6.07, 6.45) is 0.525. The van der Waals surface area contributed by atoms with E-state index in [2.05, 4.69) is 27.6 Å². The van der Waals surface area contributed by atoms with Gasteiger partial charge in [-0.1, -0.05) is 30.3 Å². The molecule has 0 amide bonds. The van der Waals surface area contributed by atoms with Crippen molar-refractivity contribution in [3.05, 3.63) is 57.4 Å². The number of hydrogen-bond acceptors (Lipinski definition) is 3. The van der Waals surface area contributed by atoms with Gasteiger partial charge in [-0.2, -0.15) is 0 Å². The molecule has 0 atom stereocenters. The molecule has 0 fully saturated rings. The molecule has 1 heterocycles. The Labute approximate surface area is 130 Å². The minimum absolute atomic E-state index is 0.0906. The van der Waals surface area contributed by atoms with E-state index in [1.807, 2.05) is 42.5 Å². The fourth-order valence-corrected chi connectivity index (χ4v) is 2.32. The lowest BCUT2D eigenvalue weighted by Gasteiger charge is -2.09. The van der Waals surface area contributed by atoms with E-state index in [9.17, 15) is 4.79 Å². The standard InChI is InChI=1S/C15H14INO3/c16-15-13(20-10-11-4-2-1-3-5-11)8-6-12(17-15)7-9-14(18)19/h1-6,8H,7,9-10H2,(H,18,19). The van der Waals surface area contributed by atoms with Crippen LogP contribution in [0.15, 0.2) is 42.5 Å². The predicted molar refractivity (Wildman–Crippen MR) is 83.7 cm³/mol. The van der Waals surface area contributed by atoms with E-state index in [1.54, 1.807) is 0 Å². The Balaban J connectivity index is 1.97. The summed E-state index contributed by atoms with van der Waals surface area (Å²) in [5, 5.41) is 8.65. The quantitative estimate of drug-likeness (QED) is 0.615. The lowest BCUT2D eigenvalue weighted by molar-refractivity contribution is -0.136. The highest BCUT2D eigenvalue weighted by Gasteiger charge is 2.06. The Morgan fingerprint density at radius 2 is 1.95 bits per heavy atom. The molecule has 4 nitrogen and oxygen atoms in total. The zero-order valence-corrected chi connectivity index (χ0v) is 12.9. The maximum absolute atomic E-state index is 10.5. The first kappa shape index (κ1) is 14.8. The molecule has 2 aromatic rings. The van der Waals surface area contributed by atoms with Gasteiger partial charge in [0.2, 0.25) is 0 Å². The highest BCUT2D eigenvalue weighted by Crippen LogP contribution is 2.20. The zero-order valence-electron chi connectivity index (χ0n) is 10.8. The van der Waals surface area contributed by atoms with Crippen molar-refractivity contribution < 1.29 is 14.6 Å². The molecule has 0 saturated carbocycles. The summed E-state index contributed by atoms with van der Waals surface area (Å²) in [6.45, 7) is 0.493. The normalized spacial score (nSPS) is 10.2. The van der Waals surface area contributed by atoms with E-state index in [0.29, 0.717) is 18.8 Å². The van der Waals surface area contributed by atoms with Gasteiger partial charge >= 0.3 is 5.97 Å². The first-order chi connectivity index (χ1) is 9.65. The van der Waals surface area contributed by atoms with E-state index in [-0.39, 0.29) is 6.42 Å². The smallest absolute Gasteiger partial charge is 0.303 e. The highest BCUT2D eigenvalue weighted by atomic mass is 127. The number of carbonyl (C=O) groups is 1. The van der Waals surface area contributed by atoms with Crippen molar-refractivity contribution in [1.29, 1.82) is 0 Å². The Bertz CT molecular complexity index is 587. The topological polar surface area (TPSA) is 59.4 Å². The summed E-state index contributed by atoms with van der Waals surface area (Å²) in [6, 6.07) is 13.6. The van der Waals surface area contributed by atoms with Crippen molar-refractivity contribution in [2.75, 3.05) is 0 Å². The monoisotopic (exact) mass is 383 g/mol. The fourth-order valence-electron chi connectivity index (χ4n) is 1.68. The Hall–Kier alpha value is -1.63. The van der Waals surface area contributed by atoms with Crippen LogP contribution in [-0.2, 0) is 17.8 Å². The number of benzene rings is 1. The summed E-state index contributed by atoms with van der Waals surface area (Å²) in [7, 11) is 0. The predicted octanol–water partition coefficient (Wildman–Crippen LogP) is 3.28. The molecule has 20 heavy (non-hydrogen) atoms. The third-order valence-electron chi connectivity index (χ3n) is 2.70. The van der Waals surface area contributed by atoms with E-state index in [4.69, 9.17) is 9.84 Å². The number of aliphatic carboxylic acids is 1. The van der Waals surface area contributed by atoms with Crippen LogP contribution in [0.4, 0.5) is 0 Å². The third-order valence-corrected chi connectivity index (χ3v) is 3.48. The maximum atomic E-state index is 10.5. The molecule has 1 N–H and O–H groups in total. The van der Waals surface area contributed by atoms with Crippen molar-refractivity contribution in [1.82, 2.24) is 4.98 Å². The van der Waals surface area contributed by atoms with Crippen molar-refractivity contribution >= 4 is 28.6 Å². The second-order valence-corrected chi connectivity index (χ2v) is 5.28. The molecule has 1 aromatic carbocycles. The molecule has 0 aliphatic rings. The average Bonchev–Trinajstić information content (AvgIpc) is 2.45. The second-order valence-electron chi connectivity index (χ2n) is 4.26. The van der Waals surface area contributed by atoms with Crippen molar-refractivity contribution in [3.8, 4) is 5.75 Å². The van der Waals surface area contributed by atoms with E-state index in [0.717, 1.165) is 15.0 Å². The van der Waals surface area contributed by atoms with E-state index < -0.39 is 5.97 Å². The number of carboxylic acid groups (broad SMARTS) is 1. The van der Waals surface area contributed by atoms with Gasteiger partial charge in [0.25, 0.3) is 0 Å². The summed E-state index contributed by atoms with van der Waals surface area (Å²) in [5.41, 5.74) is 1.86. The third kappa shape index (κ3) is 4.48. The summed E-state index contributed by atoms with van der Waals surface area (Å²) in [5.74, 6) is -0.0975. The number of nitrogens with zero attached hydrogens (tertiary/aromatic N) is 1. The highest BCUT2D eigenvalue weighted by molar-refractivity contribution is 14.1. The lowest BCUT2D eigenvalue weighted by Crippen LogP contribution is -2.02. The largest absolute Gasteiger partial charge is 0.486 e. The average molecular weight is 383 g/mol. The van der Waals surface area contributed by atoms with Crippen LogP contribution >= 0.6 is 22.6 Å². The number of rotatable bonds is 6. The maximum Gasteiger partial charge on any atom is 0.303 e. The Kier molecular flexibility index (Phi) is 5.34. The van der Waals surface area contributed by atoms with Crippen LogP contribution in [0.1, 0.15) is 17.7 Å². The molecule has 0 spiro atoms. The number of aryl methyl sites for hydroxylation is 1. The summed E-state index contributed by atoms with van der Waals surface area (Å²) in [4.78, 5) is 14.9. The molecular weight excluding hydrogens is 369 g/mol. The first-order valence-electron chi connectivity index (χ1n) is 6.19. The number of carboxylic acids is 1. The summed E-state index contributed by atoms with van der Waals surface area (Å²) < 4.78 is 6.47. The fraction of sp³-hybridized carbons (Fsp3) is 0.200. The molecule has 5 heteroatoms. The van der Waals surface area contributed by atoms with Crippen LogP contribution < -0.4 is 4.74 Å². The molecule has 0 unspecified atom stereocenters. The van der Waals surface area contributed by atoms with E-state index in [1.165, 1.54) is 0 Å². The number of ether oxygens (including phenoxy) is 1. The molecule has 0 radical (unpaired) electrons. The van der Waals surface area contributed by atoms with Crippen LogP contribution in [0.5, 0.6) is 5.75 Å². The first-order valence-corrected chi connectivity index (χ1v) is 7.27. The van der Waals surface area contributed by atoms with Gasteiger partial charge in [0.1, 0.15) is 10.3 Å². The molecule has 1 aromatic heterocycles. The molecule has 104 valence electrons. The Morgan fingerprint density at radius 1 is 1.20 bits per heavy atom. The van der Waals surface area contributed by atoms with Gasteiger partial charge in [0.05, 0.1) is 6.42 Å². The van der Waals surface area contributed by atoms with Crippen molar-refractivity contribution in [2.45, 2.75) is 19.4 Å². The number of aromatic nitrogens is 1. The van der Waals surface area contributed by atoms with Crippen LogP contribution in [0.2, 0.25) is 0 Å². The molecule has 2 rings (SSSR count). The zero-order chi connectivity index (χ0) is 14.4.